The fraction of sp³-hybridized carbons (Fsp3) is 1.00. The molecule has 0 saturated heterocycles. The van der Waals surface area contributed by atoms with Gasteiger partial charge in [-0.1, -0.05) is 23.7 Å². The maximum atomic E-state index is 7.28. The van der Waals surface area contributed by atoms with Gasteiger partial charge in [-0.05, 0) is 17.3 Å². The summed E-state index contributed by atoms with van der Waals surface area (Å²) in [6, 6.07) is 0. The first-order chi connectivity index (χ1) is 3.93. The quantitative estimate of drug-likeness (QED) is 0.562. The lowest BCUT2D eigenvalue weighted by Gasteiger charge is -2.34. The van der Waals surface area contributed by atoms with E-state index < -0.39 is 0 Å². The van der Waals surface area contributed by atoms with E-state index in [1.54, 1.807) is 10.1 Å². The van der Waals surface area contributed by atoms with E-state index in [0.29, 0.717) is 14.3 Å². The Balaban J connectivity index is 2.99. The summed E-state index contributed by atoms with van der Waals surface area (Å²) < 4.78 is 9.70. The predicted octanol–water partition coefficient (Wildman–Crippen LogP) is -0.124. The molecule has 6 heteroatoms. The molecule has 2 atom stereocenters. The minimum absolute atomic E-state index is 0.0332. The summed E-state index contributed by atoms with van der Waals surface area (Å²) in [4.78, 5) is 0. The minimum atomic E-state index is 0.0332. The molecule has 0 bridgehead atoms. The van der Waals surface area contributed by atoms with Gasteiger partial charge in [0.1, 0.15) is 0 Å². The van der Waals surface area contributed by atoms with Crippen LogP contribution in [0.25, 0.3) is 0 Å². The average molecular weight is 199 g/mol. The normalized spacial score (nSPS) is 135. The van der Waals surface area contributed by atoms with E-state index in [0.717, 1.165) is 9.45 Å². The molecule has 44 valence electrons. The van der Waals surface area contributed by atoms with Gasteiger partial charge in [0.2, 0.25) is 0 Å². The maximum absolute atomic E-state index is 7.28. The third-order valence-electron chi connectivity index (χ3n) is 3.28. The lowest BCUT2D eigenvalue weighted by molar-refractivity contribution is 1.56. The van der Waals surface area contributed by atoms with E-state index in [2.05, 4.69) is 0 Å². The van der Waals surface area contributed by atoms with Crippen LogP contribution in [0.3, 0.4) is 0 Å². The molecule has 2 unspecified atom stereocenters. The van der Waals surface area contributed by atoms with Crippen LogP contribution < -0.4 is 0 Å². The summed E-state index contributed by atoms with van der Waals surface area (Å²) in [6.45, 7) is 0. The second-order valence-electron chi connectivity index (χ2n) is 2.86. The SMILES string of the molecule is N=S=S12=S34=S56=S(C153)C264. The Hall–Kier alpha value is 1.42. The Bertz CT molecular complexity index is 675. The number of hydrogen-bond acceptors (Lipinski definition) is 1. The van der Waals surface area contributed by atoms with Crippen molar-refractivity contribution in [3.63, 3.8) is 0 Å². The van der Waals surface area contributed by atoms with Crippen molar-refractivity contribution in [3.8, 4) is 0 Å². The molecule has 6 aliphatic rings. The Morgan fingerprint density at radius 1 is 1.50 bits per heavy atom. The smallest absolute Gasteiger partial charge is 0.169 e. The molecule has 6 heterocycles. The largest absolute Gasteiger partial charge is 0.241 e. The molecule has 6 aliphatic heterocycles. The van der Waals surface area contributed by atoms with Gasteiger partial charge in [-0.2, -0.15) is 0 Å². The average Bonchev–Trinajstić information content (AvgIpc) is 2.39. The zero-order valence-corrected chi connectivity index (χ0v) is 7.62. The van der Waals surface area contributed by atoms with Gasteiger partial charge in [0.25, 0.3) is 0 Å². The van der Waals surface area contributed by atoms with E-state index >= 15 is 0 Å². The van der Waals surface area contributed by atoms with Gasteiger partial charge in [-0.15, -0.1) is 0 Å². The standard InChI is InChI=1S/C2HNS5/c3-4-6-1-5-2(6)7(1,5)8(1,2)6/h3H. The van der Waals surface area contributed by atoms with Gasteiger partial charge in [-0.3, -0.25) is 0 Å². The molecule has 0 radical (unpaired) electrons. The Morgan fingerprint density at radius 2 is 2.12 bits per heavy atom. The first-order valence-corrected chi connectivity index (χ1v) is 11.5. The lowest BCUT2D eigenvalue weighted by atomic mass is 11.6. The van der Waals surface area contributed by atoms with Crippen LogP contribution in [0.1, 0.15) is 0 Å². The zero-order chi connectivity index (χ0) is 4.78. The molecule has 0 aromatic heterocycles. The van der Waals surface area contributed by atoms with Gasteiger partial charge < -0.3 is 0 Å². The van der Waals surface area contributed by atoms with E-state index in [1.807, 2.05) is 0 Å². The van der Waals surface area contributed by atoms with Crippen molar-refractivity contribution in [2.24, 2.45) is 0 Å². The molecule has 0 fully saturated rings. The molecule has 8 heavy (non-hydrogen) atoms. The first kappa shape index (κ1) is 3.21. The molecular weight excluding hydrogens is 198 g/mol. The number of hydrogen-bond donors (Lipinski definition) is 1. The van der Waals surface area contributed by atoms with E-state index in [-0.39, 0.29) is 7.15 Å². The second-order valence-corrected chi connectivity index (χ2v) is 27.0. The van der Waals surface area contributed by atoms with Crippen molar-refractivity contribution >= 4 is 41.0 Å². The Kier molecular flexibility index (Phi) is 0.148. The van der Waals surface area contributed by atoms with Crippen LogP contribution in [0.5, 0.6) is 0 Å². The summed E-state index contributed by atoms with van der Waals surface area (Å²) in [5.41, 5.74) is 0. The molecule has 0 amide bonds. The minimum Gasteiger partial charge on any atom is -0.241 e. The van der Waals surface area contributed by atoms with Crippen molar-refractivity contribution in [1.82, 2.24) is 0 Å². The van der Waals surface area contributed by atoms with Crippen molar-refractivity contribution in [2.45, 2.75) is 5.49 Å². The van der Waals surface area contributed by atoms with Crippen molar-refractivity contribution in [3.05, 3.63) is 0 Å². The fourth-order valence-corrected chi connectivity index (χ4v) is 112. The molecule has 4 spiro atoms. The predicted molar refractivity (Wildman–Crippen MR) is 45.0 cm³/mol. The molecular formula is C2HNS5. The van der Waals surface area contributed by atoms with Crippen LogP contribution >= 0.6 is 0 Å². The van der Waals surface area contributed by atoms with Gasteiger partial charge in [0.05, 0.1) is 0 Å². The van der Waals surface area contributed by atoms with Crippen LogP contribution in [-0.2, 0) is 41.0 Å². The highest BCUT2D eigenvalue weighted by Gasteiger charge is 3.48. The van der Waals surface area contributed by atoms with Crippen molar-refractivity contribution in [1.29, 1.82) is 4.78 Å². The Labute approximate surface area is 51.0 Å². The fourth-order valence-electron chi connectivity index (χ4n) is 2.96. The number of nitrogens with one attached hydrogen (secondary N) is 1. The lowest BCUT2D eigenvalue weighted by Crippen LogP contribution is -2.52. The molecule has 0 aromatic carbocycles. The monoisotopic (exact) mass is 199 g/mol. The van der Waals surface area contributed by atoms with Gasteiger partial charge in [-0.25, -0.2) is 4.78 Å². The molecule has 1 N–H and O–H groups in total. The van der Waals surface area contributed by atoms with Crippen LogP contribution in [0.15, 0.2) is 0 Å². The van der Waals surface area contributed by atoms with Crippen LogP contribution in [0.4, 0.5) is 0 Å². The first-order valence-electron chi connectivity index (χ1n) is 2.50. The third kappa shape index (κ3) is 0.0450. The molecule has 0 aromatic rings. The van der Waals surface area contributed by atoms with Gasteiger partial charge in [0.15, 0.2) is 5.49 Å². The van der Waals surface area contributed by atoms with Gasteiger partial charge in [0, 0.05) is 0 Å². The highest BCUT2D eigenvalue weighted by molar-refractivity contribution is 9.67. The summed E-state index contributed by atoms with van der Waals surface area (Å²) in [5, 5.41) is 0. The highest BCUT2D eigenvalue weighted by Crippen LogP contribution is 3.37. The molecule has 6 rings (SSSR count). The maximum Gasteiger partial charge on any atom is 0.169 e. The summed E-state index contributed by atoms with van der Waals surface area (Å²) in [5.74, 6) is 0. The highest BCUT2D eigenvalue weighted by atomic mass is 33.6. The van der Waals surface area contributed by atoms with Crippen LogP contribution in [-0.4, -0.2) is 5.49 Å². The summed E-state index contributed by atoms with van der Waals surface area (Å²) in [6.07, 6.45) is 0. The van der Waals surface area contributed by atoms with E-state index in [4.69, 9.17) is 4.78 Å². The van der Waals surface area contributed by atoms with Crippen molar-refractivity contribution < 1.29 is 0 Å². The topological polar surface area (TPSA) is 23.9 Å². The van der Waals surface area contributed by atoms with Gasteiger partial charge >= 0.3 is 0 Å². The van der Waals surface area contributed by atoms with Crippen LogP contribution in [0, 0.1) is 4.78 Å². The van der Waals surface area contributed by atoms with E-state index in [9.17, 15) is 0 Å². The summed E-state index contributed by atoms with van der Waals surface area (Å²) in [7, 11) is 3.61. The van der Waals surface area contributed by atoms with E-state index in [1.165, 1.54) is 5.49 Å². The molecule has 0 saturated carbocycles. The molecule has 1 nitrogen and oxygen atoms in total. The van der Waals surface area contributed by atoms with Crippen LogP contribution in [0.2, 0.25) is 0 Å². The molecule has 0 aliphatic carbocycles. The zero-order valence-electron chi connectivity index (χ0n) is 3.54. The Morgan fingerprint density at radius 3 is 2.25 bits per heavy atom. The summed E-state index contributed by atoms with van der Waals surface area (Å²) >= 11 is 0. The van der Waals surface area contributed by atoms with Crippen molar-refractivity contribution in [2.75, 3.05) is 0 Å². The number of rotatable bonds is 0. The third-order valence-corrected chi connectivity index (χ3v) is 58.7. The second kappa shape index (κ2) is 0.370.